The van der Waals surface area contributed by atoms with Crippen molar-refractivity contribution in [1.29, 1.82) is 0 Å². The van der Waals surface area contributed by atoms with E-state index in [0.29, 0.717) is 18.7 Å². The van der Waals surface area contributed by atoms with Gasteiger partial charge in [-0.2, -0.15) is 0 Å². The smallest absolute Gasteiger partial charge is 0.253 e. The second kappa shape index (κ2) is 10.9. The highest BCUT2D eigenvalue weighted by molar-refractivity contribution is 6.30. The number of aryl methyl sites for hydroxylation is 1. The third-order valence-electron chi connectivity index (χ3n) is 7.44. The first-order valence-electron chi connectivity index (χ1n) is 13.2. The molecule has 6 rings (SSSR count). The molecule has 0 saturated carbocycles. The van der Waals surface area contributed by atoms with Crippen molar-refractivity contribution in [3.8, 4) is 11.1 Å². The number of carbonyl (C=O) groups excluding carboxylic acids is 1. The molecule has 1 saturated heterocycles. The molecule has 198 valence electrons. The molecule has 1 fully saturated rings. The number of anilines is 3. The molecular weight excluding hydrogens is 510 g/mol. The van der Waals surface area contributed by atoms with Gasteiger partial charge >= 0.3 is 0 Å². The van der Waals surface area contributed by atoms with Gasteiger partial charge in [-0.25, -0.2) is 9.97 Å². The molecule has 2 aromatic heterocycles. The second-order valence-corrected chi connectivity index (χ2v) is 10.4. The van der Waals surface area contributed by atoms with E-state index in [4.69, 9.17) is 16.6 Å². The summed E-state index contributed by atoms with van der Waals surface area (Å²) in [5.74, 6) is 1.76. The van der Waals surface area contributed by atoms with Crippen molar-refractivity contribution < 1.29 is 4.79 Å². The number of rotatable bonds is 5. The fourth-order valence-corrected chi connectivity index (χ4v) is 5.40. The summed E-state index contributed by atoms with van der Waals surface area (Å²) in [5, 5.41) is 4.16. The number of hydrogen-bond acceptors (Lipinski definition) is 7. The second-order valence-electron chi connectivity index (χ2n) is 9.93. The first-order chi connectivity index (χ1) is 19.0. The standard InChI is InChI=1S/C30H30ClN7O/c1-21-5-6-26(31)16-25(21)20-38-10-9-34-29-27(38)17-24(18-35-29)22-3-2-4-23(15-22)30(39)37-13-11-36(12-14-37)28-19-32-7-8-33-28/h2-8,15-19H,9-14,20H2,1H3,(H,34,35). The fraction of sp³-hybridized carbons (Fsp3) is 0.267. The first kappa shape index (κ1) is 25.1. The molecule has 2 aliphatic rings. The predicted octanol–water partition coefficient (Wildman–Crippen LogP) is 4.89. The number of hydrogen-bond donors (Lipinski definition) is 1. The lowest BCUT2D eigenvalue weighted by atomic mass is 10.0. The van der Waals surface area contributed by atoms with Gasteiger partial charge < -0.3 is 20.0 Å². The van der Waals surface area contributed by atoms with Crippen LogP contribution in [0.25, 0.3) is 11.1 Å². The zero-order valence-electron chi connectivity index (χ0n) is 21.8. The van der Waals surface area contributed by atoms with Gasteiger partial charge in [-0.15, -0.1) is 0 Å². The summed E-state index contributed by atoms with van der Waals surface area (Å²) in [6.07, 6.45) is 7.01. The van der Waals surface area contributed by atoms with E-state index in [-0.39, 0.29) is 5.91 Å². The molecule has 9 heteroatoms. The molecule has 0 aliphatic carbocycles. The Labute approximate surface area is 233 Å². The minimum atomic E-state index is 0.0429. The third kappa shape index (κ3) is 5.38. The number of carbonyl (C=O) groups is 1. The third-order valence-corrected chi connectivity index (χ3v) is 7.67. The Morgan fingerprint density at radius 2 is 1.82 bits per heavy atom. The van der Waals surface area contributed by atoms with Crippen LogP contribution < -0.4 is 15.1 Å². The Kier molecular flexibility index (Phi) is 7.02. The molecule has 2 aliphatic heterocycles. The van der Waals surface area contributed by atoms with Gasteiger partial charge in [-0.3, -0.25) is 9.78 Å². The zero-order valence-corrected chi connectivity index (χ0v) is 22.6. The number of amides is 1. The molecule has 0 bridgehead atoms. The maximum Gasteiger partial charge on any atom is 0.253 e. The topological polar surface area (TPSA) is 77.5 Å². The summed E-state index contributed by atoms with van der Waals surface area (Å²) in [6, 6.07) is 16.0. The number of aromatic nitrogens is 3. The van der Waals surface area contributed by atoms with Gasteiger partial charge in [0.25, 0.3) is 5.91 Å². The quantitative estimate of drug-likeness (QED) is 0.387. The highest BCUT2D eigenvalue weighted by atomic mass is 35.5. The number of fused-ring (bicyclic) bond motifs is 1. The van der Waals surface area contributed by atoms with E-state index in [1.807, 2.05) is 47.5 Å². The van der Waals surface area contributed by atoms with E-state index in [1.54, 1.807) is 18.6 Å². The Morgan fingerprint density at radius 3 is 2.64 bits per heavy atom. The van der Waals surface area contributed by atoms with Gasteiger partial charge in [-0.1, -0.05) is 29.8 Å². The first-order valence-corrected chi connectivity index (χ1v) is 13.6. The molecule has 4 aromatic rings. The highest BCUT2D eigenvalue weighted by Gasteiger charge is 2.24. The number of pyridine rings is 1. The molecule has 0 spiro atoms. The minimum Gasteiger partial charge on any atom is -0.367 e. The van der Waals surface area contributed by atoms with Gasteiger partial charge in [0.15, 0.2) is 0 Å². The molecular formula is C30H30ClN7O. The molecule has 4 heterocycles. The van der Waals surface area contributed by atoms with Crippen molar-refractivity contribution in [2.45, 2.75) is 13.5 Å². The lowest BCUT2D eigenvalue weighted by Gasteiger charge is -2.35. The minimum absolute atomic E-state index is 0.0429. The summed E-state index contributed by atoms with van der Waals surface area (Å²) in [4.78, 5) is 33.1. The van der Waals surface area contributed by atoms with Crippen LogP contribution in [-0.4, -0.2) is 65.0 Å². The average Bonchev–Trinajstić information content (AvgIpc) is 2.99. The van der Waals surface area contributed by atoms with E-state index in [9.17, 15) is 4.79 Å². The van der Waals surface area contributed by atoms with E-state index >= 15 is 0 Å². The maximum absolute atomic E-state index is 13.4. The summed E-state index contributed by atoms with van der Waals surface area (Å²) in [6.45, 7) is 7.30. The van der Waals surface area contributed by atoms with Crippen molar-refractivity contribution in [2.75, 3.05) is 54.4 Å². The van der Waals surface area contributed by atoms with E-state index in [2.05, 4.69) is 44.1 Å². The normalized spacial score (nSPS) is 15.1. The highest BCUT2D eigenvalue weighted by Crippen LogP contribution is 2.33. The van der Waals surface area contributed by atoms with Crippen LogP contribution in [0.4, 0.5) is 17.3 Å². The lowest BCUT2D eigenvalue weighted by Crippen LogP contribution is -2.49. The fourth-order valence-electron chi connectivity index (χ4n) is 5.21. The van der Waals surface area contributed by atoms with Crippen molar-refractivity contribution >= 4 is 34.8 Å². The Hall–Kier alpha value is -4.17. The summed E-state index contributed by atoms with van der Waals surface area (Å²) in [7, 11) is 0. The molecule has 2 aromatic carbocycles. The van der Waals surface area contributed by atoms with Crippen molar-refractivity contribution in [3.05, 3.63) is 95.0 Å². The summed E-state index contributed by atoms with van der Waals surface area (Å²) in [5.41, 5.74) is 6.10. The maximum atomic E-state index is 13.4. The number of nitrogens with zero attached hydrogens (tertiary/aromatic N) is 6. The Balaban J connectivity index is 1.20. The molecule has 0 unspecified atom stereocenters. The Morgan fingerprint density at radius 1 is 0.949 bits per heavy atom. The van der Waals surface area contributed by atoms with Crippen LogP contribution in [-0.2, 0) is 6.54 Å². The largest absolute Gasteiger partial charge is 0.367 e. The van der Waals surface area contributed by atoms with E-state index in [0.717, 1.165) is 66.2 Å². The van der Waals surface area contributed by atoms with Gasteiger partial charge in [0, 0.05) is 80.6 Å². The average molecular weight is 540 g/mol. The van der Waals surface area contributed by atoms with Crippen molar-refractivity contribution in [2.24, 2.45) is 0 Å². The van der Waals surface area contributed by atoms with Crippen LogP contribution in [0.15, 0.2) is 73.3 Å². The SMILES string of the molecule is Cc1ccc(Cl)cc1CN1CCNc2ncc(-c3cccc(C(=O)N4CCN(c5cnccn5)CC4)c3)cc21. The summed E-state index contributed by atoms with van der Waals surface area (Å²) < 4.78 is 0. The van der Waals surface area contributed by atoms with Crippen molar-refractivity contribution in [3.63, 3.8) is 0 Å². The Bertz CT molecular complexity index is 1490. The van der Waals surface area contributed by atoms with Crippen LogP contribution >= 0.6 is 11.6 Å². The molecule has 0 atom stereocenters. The molecule has 8 nitrogen and oxygen atoms in total. The van der Waals surface area contributed by atoms with Crippen LogP contribution in [0.3, 0.4) is 0 Å². The van der Waals surface area contributed by atoms with Gasteiger partial charge in [0.1, 0.15) is 11.6 Å². The van der Waals surface area contributed by atoms with Gasteiger partial charge in [-0.05, 0) is 53.9 Å². The van der Waals surface area contributed by atoms with E-state index in [1.165, 1.54) is 11.1 Å². The van der Waals surface area contributed by atoms with Crippen LogP contribution in [0.2, 0.25) is 5.02 Å². The molecule has 39 heavy (non-hydrogen) atoms. The molecule has 1 amide bonds. The van der Waals surface area contributed by atoms with Crippen LogP contribution in [0.5, 0.6) is 0 Å². The van der Waals surface area contributed by atoms with Gasteiger partial charge in [0.05, 0.1) is 11.9 Å². The predicted molar refractivity (Wildman–Crippen MR) is 156 cm³/mol. The van der Waals surface area contributed by atoms with E-state index < -0.39 is 0 Å². The number of halogens is 1. The van der Waals surface area contributed by atoms with Gasteiger partial charge in [0.2, 0.25) is 0 Å². The molecule has 1 N–H and O–H groups in total. The van der Waals surface area contributed by atoms with Crippen molar-refractivity contribution in [1.82, 2.24) is 19.9 Å². The zero-order chi connectivity index (χ0) is 26.8. The molecule has 0 radical (unpaired) electrons. The lowest BCUT2D eigenvalue weighted by molar-refractivity contribution is 0.0746. The van der Waals surface area contributed by atoms with Crippen LogP contribution in [0, 0.1) is 6.92 Å². The number of nitrogens with one attached hydrogen (secondary N) is 1. The number of benzene rings is 2. The number of piperazine rings is 1. The van der Waals surface area contributed by atoms with Crippen LogP contribution in [0.1, 0.15) is 21.5 Å². The monoisotopic (exact) mass is 539 g/mol. The summed E-state index contributed by atoms with van der Waals surface area (Å²) >= 11 is 6.29.